The van der Waals surface area contributed by atoms with E-state index in [1.165, 1.54) is 25.7 Å². The number of para-hydroxylation sites is 1. The highest BCUT2D eigenvalue weighted by atomic mass is 35.5. The number of rotatable bonds is 7. The average molecular weight is 274 g/mol. The fourth-order valence-corrected chi connectivity index (χ4v) is 2.34. The standard InChI is InChI=1S/C14H21Cl2N/c1-3-4-5-6-8-11(2)17-14-12(15)9-7-10-13(14)16/h7,9-11,17H,3-6,8H2,1-2H3. The van der Waals surface area contributed by atoms with Gasteiger partial charge in [0, 0.05) is 6.04 Å². The van der Waals surface area contributed by atoms with Gasteiger partial charge in [0.05, 0.1) is 15.7 Å². The van der Waals surface area contributed by atoms with E-state index in [4.69, 9.17) is 23.2 Å². The van der Waals surface area contributed by atoms with Gasteiger partial charge in [-0.25, -0.2) is 0 Å². The second kappa shape index (κ2) is 7.84. The van der Waals surface area contributed by atoms with Gasteiger partial charge in [0.15, 0.2) is 0 Å². The number of hydrogen-bond donors (Lipinski definition) is 1. The Hall–Kier alpha value is -0.400. The normalized spacial score (nSPS) is 12.5. The summed E-state index contributed by atoms with van der Waals surface area (Å²) in [5, 5.41) is 4.78. The molecule has 0 aliphatic rings. The maximum Gasteiger partial charge on any atom is 0.0720 e. The van der Waals surface area contributed by atoms with E-state index in [-0.39, 0.29) is 0 Å². The summed E-state index contributed by atoms with van der Waals surface area (Å²) >= 11 is 12.2. The monoisotopic (exact) mass is 273 g/mol. The SMILES string of the molecule is CCCCCCC(C)Nc1c(Cl)cccc1Cl. The Morgan fingerprint density at radius 1 is 1.12 bits per heavy atom. The van der Waals surface area contributed by atoms with Crippen molar-refractivity contribution in [1.29, 1.82) is 0 Å². The van der Waals surface area contributed by atoms with Gasteiger partial charge in [0.2, 0.25) is 0 Å². The molecular formula is C14H21Cl2N. The summed E-state index contributed by atoms with van der Waals surface area (Å²) in [5.41, 5.74) is 0.860. The summed E-state index contributed by atoms with van der Waals surface area (Å²) in [5.74, 6) is 0. The van der Waals surface area contributed by atoms with Crippen molar-refractivity contribution in [3.8, 4) is 0 Å². The summed E-state index contributed by atoms with van der Waals surface area (Å²) in [6.07, 6.45) is 6.31. The van der Waals surface area contributed by atoms with Crippen LogP contribution in [0, 0.1) is 0 Å². The molecular weight excluding hydrogens is 253 g/mol. The predicted molar refractivity (Wildman–Crippen MR) is 78.3 cm³/mol. The highest BCUT2D eigenvalue weighted by Gasteiger charge is 2.08. The third-order valence-corrected chi connectivity index (χ3v) is 3.47. The van der Waals surface area contributed by atoms with Crippen molar-refractivity contribution in [2.45, 2.75) is 52.0 Å². The van der Waals surface area contributed by atoms with Crippen LogP contribution < -0.4 is 5.32 Å². The molecule has 1 N–H and O–H groups in total. The molecule has 0 bridgehead atoms. The van der Waals surface area contributed by atoms with E-state index in [0.29, 0.717) is 16.1 Å². The highest BCUT2D eigenvalue weighted by molar-refractivity contribution is 6.39. The lowest BCUT2D eigenvalue weighted by atomic mass is 10.1. The second-order valence-electron chi connectivity index (χ2n) is 4.49. The third kappa shape index (κ3) is 5.18. The first-order valence-corrected chi connectivity index (χ1v) is 7.11. The van der Waals surface area contributed by atoms with Gasteiger partial charge in [0.1, 0.15) is 0 Å². The molecule has 1 unspecified atom stereocenters. The lowest BCUT2D eigenvalue weighted by Crippen LogP contribution is -2.15. The van der Waals surface area contributed by atoms with Gasteiger partial charge < -0.3 is 5.32 Å². The van der Waals surface area contributed by atoms with Gasteiger partial charge in [0.25, 0.3) is 0 Å². The maximum absolute atomic E-state index is 6.11. The van der Waals surface area contributed by atoms with Crippen molar-refractivity contribution in [1.82, 2.24) is 0 Å². The van der Waals surface area contributed by atoms with Crippen LogP contribution >= 0.6 is 23.2 Å². The molecule has 1 aromatic rings. The first-order valence-electron chi connectivity index (χ1n) is 6.35. The van der Waals surface area contributed by atoms with E-state index in [1.807, 2.05) is 18.2 Å². The average Bonchev–Trinajstić information content (AvgIpc) is 2.30. The predicted octanol–water partition coefficient (Wildman–Crippen LogP) is 5.76. The van der Waals surface area contributed by atoms with Crippen LogP contribution in [-0.4, -0.2) is 6.04 Å². The molecule has 0 aliphatic carbocycles. The lowest BCUT2D eigenvalue weighted by Gasteiger charge is -2.17. The molecule has 0 saturated heterocycles. The third-order valence-electron chi connectivity index (χ3n) is 2.84. The Balaban J connectivity index is 2.42. The molecule has 0 saturated carbocycles. The lowest BCUT2D eigenvalue weighted by molar-refractivity contribution is 0.594. The van der Waals surface area contributed by atoms with Crippen molar-refractivity contribution in [2.24, 2.45) is 0 Å². The van der Waals surface area contributed by atoms with Crippen LogP contribution in [0.15, 0.2) is 18.2 Å². The van der Waals surface area contributed by atoms with Crippen LogP contribution in [0.3, 0.4) is 0 Å². The van der Waals surface area contributed by atoms with Crippen LogP contribution in [0.25, 0.3) is 0 Å². The smallest absolute Gasteiger partial charge is 0.0720 e. The molecule has 96 valence electrons. The molecule has 1 aromatic carbocycles. The van der Waals surface area contributed by atoms with Gasteiger partial charge in [-0.05, 0) is 25.5 Å². The highest BCUT2D eigenvalue weighted by Crippen LogP contribution is 2.30. The van der Waals surface area contributed by atoms with Crippen LogP contribution in [-0.2, 0) is 0 Å². The first-order chi connectivity index (χ1) is 8.15. The Bertz CT molecular complexity index is 319. The van der Waals surface area contributed by atoms with E-state index < -0.39 is 0 Å². The first kappa shape index (κ1) is 14.7. The Morgan fingerprint density at radius 3 is 2.35 bits per heavy atom. The quantitative estimate of drug-likeness (QED) is 0.623. The van der Waals surface area contributed by atoms with Crippen LogP contribution in [0.4, 0.5) is 5.69 Å². The summed E-state index contributed by atoms with van der Waals surface area (Å²) < 4.78 is 0. The minimum atomic E-state index is 0.407. The van der Waals surface area contributed by atoms with Gasteiger partial charge in [-0.1, -0.05) is 61.9 Å². The van der Waals surface area contributed by atoms with E-state index in [1.54, 1.807) is 0 Å². The summed E-state index contributed by atoms with van der Waals surface area (Å²) in [6.45, 7) is 4.40. The fraction of sp³-hybridized carbons (Fsp3) is 0.571. The number of halogens is 2. The topological polar surface area (TPSA) is 12.0 Å². The van der Waals surface area contributed by atoms with Crippen LogP contribution in [0.1, 0.15) is 46.0 Å². The van der Waals surface area contributed by atoms with Crippen molar-refractivity contribution in [3.63, 3.8) is 0 Å². The fourth-order valence-electron chi connectivity index (χ4n) is 1.83. The summed E-state index contributed by atoms with van der Waals surface area (Å²) in [4.78, 5) is 0. The number of nitrogens with one attached hydrogen (secondary N) is 1. The Morgan fingerprint density at radius 2 is 1.76 bits per heavy atom. The van der Waals surface area contributed by atoms with Gasteiger partial charge >= 0.3 is 0 Å². The largest absolute Gasteiger partial charge is 0.380 e. The van der Waals surface area contributed by atoms with Crippen molar-refractivity contribution < 1.29 is 0 Å². The van der Waals surface area contributed by atoms with E-state index >= 15 is 0 Å². The van der Waals surface area contributed by atoms with E-state index in [2.05, 4.69) is 19.2 Å². The minimum Gasteiger partial charge on any atom is -0.380 e. The summed E-state index contributed by atoms with van der Waals surface area (Å²) in [6, 6.07) is 5.99. The van der Waals surface area contributed by atoms with Crippen molar-refractivity contribution in [3.05, 3.63) is 28.2 Å². The molecule has 3 heteroatoms. The second-order valence-corrected chi connectivity index (χ2v) is 5.31. The Kier molecular flexibility index (Phi) is 6.76. The van der Waals surface area contributed by atoms with Gasteiger partial charge in [-0.3, -0.25) is 0 Å². The minimum absolute atomic E-state index is 0.407. The number of unbranched alkanes of at least 4 members (excludes halogenated alkanes) is 3. The molecule has 0 heterocycles. The summed E-state index contributed by atoms with van der Waals surface area (Å²) in [7, 11) is 0. The zero-order chi connectivity index (χ0) is 12.7. The Labute approximate surface area is 115 Å². The van der Waals surface area contributed by atoms with Crippen molar-refractivity contribution in [2.75, 3.05) is 5.32 Å². The molecule has 17 heavy (non-hydrogen) atoms. The van der Waals surface area contributed by atoms with Crippen LogP contribution in [0.2, 0.25) is 10.0 Å². The molecule has 0 aliphatic heterocycles. The molecule has 1 atom stereocenters. The molecule has 0 fully saturated rings. The van der Waals surface area contributed by atoms with Gasteiger partial charge in [-0.15, -0.1) is 0 Å². The molecule has 0 amide bonds. The van der Waals surface area contributed by atoms with E-state index in [9.17, 15) is 0 Å². The zero-order valence-electron chi connectivity index (χ0n) is 10.6. The number of hydrogen-bond acceptors (Lipinski definition) is 1. The zero-order valence-corrected chi connectivity index (χ0v) is 12.1. The molecule has 1 nitrogen and oxygen atoms in total. The van der Waals surface area contributed by atoms with Crippen LogP contribution in [0.5, 0.6) is 0 Å². The number of benzene rings is 1. The molecule has 1 rings (SSSR count). The number of anilines is 1. The molecule has 0 radical (unpaired) electrons. The molecule has 0 aromatic heterocycles. The van der Waals surface area contributed by atoms with Gasteiger partial charge in [-0.2, -0.15) is 0 Å². The van der Waals surface area contributed by atoms with Crippen molar-refractivity contribution >= 4 is 28.9 Å². The molecule has 0 spiro atoms. The maximum atomic E-state index is 6.11. The van der Waals surface area contributed by atoms with E-state index in [0.717, 1.165) is 12.1 Å².